The number of nitrogens with zero attached hydrogens (tertiary/aromatic N) is 2. The highest BCUT2D eigenvalue weighted by atomic mass is 16.5. The molecule has 0 spiro atoms. The molecule has 3 N–H and O–H groups in total. The number of hydrogen-bond donors (Lipinski definition) is 2. The number of ether oxygens (including phenoxy) is 1. The van der Waals surface area contributed by atoms with Gasteiger partial charge in [0.2, 0.25) is 0 Å². The predicted molar refractivity (Wildman–Crippen MR) is 82.7 cm³/mol. The van der Waals surface area contributed by atoms with Crippen LogP contribution in [0, 0.1) is 0 Å². The molecule has 0 radical (unpaired) electrons. The summed E-state index contributed by atoms with van der Waals surface area (Å²) in [6, 6.07) is 0.135. The van der Waals surface area contributed by atoms with Crippen LogP contribution in [0.2, 0.25) is 0 Å². The molecule has 2 rings (SSSR count). The summed E-state index contributed by atoms with van der Waals surface area (Å²) in [4.78, 5) is 24.4. The van der Waals surface area contributed by atoms with Crippen LogP contribution in [-0.4, -0.2) is 27.9 Å². The van der Waals surface area contributed by atoms with Gasteiger partial charge in [-0.05, 0) is 26.2 Å². The monoisotopic (exact) mass is 296 g/mol. The first-order chi connectivity index (χ1) is 9.95. The SMILES string of the molecule is CCCn1c(N)c(NC2CCOC(C)C2)c(=O)n(C)c1=O. The van der Waals surface area contributed by atoms with Crippen LogP contribution in [0.1, 0.15) is 33.1 Å². The molecule has 1 aliphatic heterocycles. The minimum absolute atomic E-state index is 0.135. The molecule has 2 unspecified atom stereocenters. The summed E-state index contributed by atoms with van der Waals surface area (Å²) >= 11 is 0. The summed E-state index contributed by atoms with van der Waals surface area (Å²) in [6.45, 7) is 5.13. The summed E-state index contributed by atoms with van der Waals surface area (Å²) < 4.78 is 8.06. The van der Waals surface area contributed by atoms with E-state index < -0.39 is 0 Å². The van der Waals surface area contributed by atoms with E-state index in [1.165, 1.54) is 11.6 Å². The zero-order valence-corrected chi connectivity index (χ0v) is 12.9. The molecule has 7 nitrogen and oxygen atoms in total. The number of nitrogen functional groups attached to an aromatic ring is 1. The topological polar surface area (TPSA) is 91.3 Å². The minimum atomic E-state index is -0.371. The van der Waals surface area contributed by atoms with Crippen LogP contribution in [-0.2, 0) is 18.3 Å². The lowest BCUT2D eigenvalue weighted by molar-refractivity contribution is 0.0232. The Balaban J connectivity index is 2.38. The molecule has 118 valence electrons. The summed E-state index contributed by atoms with van der Waals surface area (Å²) in [5, 5.41) is 3.22. The fourth-order valence-electron chi connectivity index (χ4n) is 2.69. The van der Waals surface area contributed by atoms with Gasteiger partial charge in [-0.3, -0.25) is 13.9 Å². The third-order valence-corrected chi connectivity index (χ3v) is 3.86. The normalized spacial score (nSPS) is 22.2. The number of aromatic nitrogens is 2. The zero-order chi connectivity index (χ0) is 15.6. The molecule has 1 fully saturated rings. The number of hydrogen-bond acceptors (Lipinski definition) is 5. The Labute approximate surface area is 123 Å². The van der Waals surface area contributed by atoms with E-state index in [2.05, 4.69) is 5.32 Å². The van der Waals surface area contributed by atoms with Crippen LogP contribution >= 0.6 is 0 Å². The Hall–Kier alpha value is -1.76. The van der Waals surface area contributed by atoms with Crippen molar-refractivity contribution in [3.8, 4) is 0 Å². The number of rotatable bonds is 4. The molecule has 0 bridgehead atoms. The van der Waals surface area contributed by atoms with E-state index in [9.17, 15) is 9.59 Å². The van der Waals surface area contributed by atoms with Gasteiger partial charge in [-0.15, -0.1) is 0 Å². The standard InChI is InChI=1S/C14H24N4O3/c1-4-6-18-12(15)11(13(19)17(3)14(18)20)16-10-5-7-21-9(2)8-10/h9-10,16H,4-8,15H2,1-3H3. The van der Waals surface area contributed by atoms with Crippen molar-refractivity contribution in [2.45, 2.75) is 51.8 Å². The number of nitrogens with two attached hydrogens (primary N) is 1. The highest BCUT2D eigenvalue weighted by Gasteiger charge is 2.22. The molecule has 0 amide bonds. The molecule has 7 heteroatoms. The van der Waals surface area contributed by atoms with Gasteiger partial charge >= 0.3 is 5.69 Å². The van der Waals surface area contributed by atoms with Crippen molar-refractivity contribution in [3.05, 3.63) is 20.8 Å². The first-order valence-corrected chi connectivity index (χ1v) is 7.43. The van der Waals surface area contributed by atoms with Crippen molar-refractivity contribution >= 4 is 11.5 Å². The average Bonchev–Trinajstić information content (AvgIpc) is 2.46. The molecular weight excluding hydrogens is 272 g/mol. The van der Waals surface area contributed by atoms with Crippen LogP contribution in [0.4, 0.5) is 11.5 Å². The van der Waals surface area contributed by atoms with Crippen molar-refractivity contribution in [2.75, 3.05) is 17.7 Å². The fourth-order valence-corrected chi connectivity index (χ4v) is 2.69. The van der Waals surface area contributed by atoms with Gasteiger partial charge < -0.3 is 15.8 Å². The van der Waals surface area contributed by atoms with Crippen molar-refractivity contribution in [2.24, 2.45) is 7.05 Å². The lowest BCUT2D eigenvalue weighted by atomic mass is 10.0. The number of nitrogens with one attached hydrogen (secondary N) is 1. The van der Waals surface area contributed by atoms with Crippen LogP contribution in [0.25, 0.3) is 0 Å². The van der Waals surface area contributed by atoms with Crippen molar-refractivity contribution in [1.82, 2.24) is 9.13 Å². The third-order valence-electron chi connectivity index (χ3n) is 3.86. The van der Waals surface area contributed by atoms with Gasteiger partial charge in [-0.25, -0.2) is 4.79 Å². The molecule has 2 atom stereocenters. The first kappa shape index (κ1) is 15.6. The van der Waals surface area contributed by atoms with E-state index >= 15 is 0 Å². The van der Waals surface area contributed by atoms with Gasteiger partial charge in [0.15, 0.2) is 0 Å². The van der Waals surface area contributed by atoms with Gasteiger partial charge in [-0.1, -0.05) is 6.92 Å². The molecule has 0 aliphatic carbocycles. The zero-order valence-electron chi connectivity index (χ0n) is 12.9. The largest absolute Gasteiger partial charge is 0.383 e. The minimum Gasteiger partial charge on any atom is -0.383 e. The maximum Gasteiger partial charge on any atom is 0.332 e. The quantitative estimate of drug-likeness (QED) is 0.845. The molecular formula is C14H24N4O3. The van der Waals surface area contributed by atoms with Crippen molar-refractivity contribution in [3.63, 3.8) is 0 Å². The van der Waals surface area contributed by atoms with E-state index in [0.29, 0.717) is 18.8 Å². The third kappa shape index (κ3) is 3.12. The van der Waals surface area contributed by atoms with Crippen LogP contribution in [0.3, 0.4) is 0 Å². The second kappa shape index (κ2) is 6.34. The first-order valence-electron chi connectivity index (χ1n) is 7.43. The van der Waals surface area contributed by atoms with Crippen molar-refractivity contribution in [1.29, 1.82) is 0 Å². The van der Waals surface area contributed by atoms with E-state index in [1.807, 2.05) is 13.8 Å². The summed E-state index contributed by atoms with van der Waals surface area (Å²) in [6.07, 6.45) is 2.56. The fraction of sp³-hybridized carbons (Fsp3) is 0.714. The smallest absolute Gasteiger partial charge is 0.332 e. The van der Waals surface area contributed by atoms with Gasteiger partial charge in [0.25, 0.3) is 5.56 Å². The molecule has 0 aromatic carbocycles. The molecule has 1 aromatic heterocycles. The Kier molecular flexibility index (Phi) is 4.72. The lowest BCUT2D eigenvalue weighted by Crippen LogP contribution is -2.43. The predicted octanol–water partition coefficient (Wildman–Crippen LogP) is 0.519. The Morgan fingerprint density at radius 1 is 1.43 bits per heavy atom. The Bertz CT molecular complexity index is 620. The Morgan fingerprint density at radius 2 is 2.14 bits per heavy atom. The van der Waals surface area contributed by atoms with Crippen molar-refractivity contribution < 1.29 is 4.74 Å². The molecule has 1 aliphatic rings. The number of anilines is 2. The molecule has 0 saturated carbocycles. The average molecular weight is 296 g/mol. The summed E-state index contributed by atoms with van der Waals surface area (Å²) in [5.41, 5.74) is 5.63. The molecule has 1 aromatic rings. The van der Waals surface area contributed by atoms with Crippen LogP contribution < -0.4 is 22.3 Å². The van der Waals surface area contributed by atoms with Crippen LogP contribution in [0.5, 0.6) is 0 Å². The van der Waals surface area contributed by atoms with E-state index in [1.54, 1.807) is 0 Å². The molecule has 2 heterocycles. The van der Waals surface area contributed by atoms with E-state index in [4.69, 9.17) is 10.5 Å². The van der Waals surface area contributed by atoms with Gasteiger partial charge in [0.1, 0.15) is 11.5 Å². The van der Waals surface area contributed by atoms with E-state index in [-0.39, 0.29) is 29.2 Å². The highest BCUT2D eigenvalue weighted by Crippen LogP contribution is 2.19. The summed E-state index contributed by atoms with van der Waals surface area (Å²) in [5.74, 6) is 0.226. The highest BCUT2D eigenvalue weighted by molar-refractivity contribution is 5.61. The summed E-state index contributed by atoms with van der Waals surface area (Å²) in [7, 11) is 1.48. The lowest BCUT2D eigenvalue weighted by Gasteiger charge is -2.29. The van der Waals surface area contributed by atoms with Crippen LogP contribution in [0.15, 0.2) is 9.59 Å². The van der Waals surface area contributed by atoms with Gasteiger partial charge in [-0.2, -0.15) is 0 Å². The second-order valence-corrected chi connectivity index (χ2v) is 5.61. The van der Waals surface area contributed by atoms with Gasteiger partial charge in [0, 0.05) is 26.2 Å². The van der Waals surface area contributed by atoms with E-state index in [0.717, 1.165) is 23.8 Å². The second-order valence-electron chi connectivity index (χ2n) is 5.61. The Morgan fingerprint density at radius 3 is 2.76 bits per heavy atom. The maximum atomic E-state index is 12.3. The van der Waals surface area contributed by atoms with Gasteiger partial charge in [0.05, 0.1) is 6.10 Å². The molecule has 1 saturated heterocycles. The molecule has 21 heavy (non-hydrogen) atoms. The maximum absolute atomic E-state index is 12.3.